The molecule has 6 heteroatoms. The lowest BCUT2D eigenvalue weighted by Gasteiger charge is -2.34. The van der Waals surface area contributed by atoms with Crippen molar-refractivity contribution < 1.29 is 14.0 Å². The lowest BCUT2D eigenvalue weighted by atomic mass is 9.95. The maximum atomic E-state index is 13.7. The summed E-state index contributed by atoms with van der Waals surface area (Å²) in [6.45, 7) is 1.22. The number of hydrogen-bond donors (Lipinski definition) is 2. The molecule has 2 fully saturated rings. The number of amides is 3. The van der Waals surface area contributed by atoms with Crippen LogP contribution in [0.5, 0.6) is 0 Å². The quantitative estimate of drug-likeness (QED) is 0.883. The average Bonchev–Trinajstić information content (AvgIpc) is 2.63. The van der Waals surface area contributed by atoms with Crippen LogP contribution in [0.15, 0.2) is 24.3 Å². The van der Waals surface area contributed by atoms with Gasteiger partial charge in [-0.05, 0) is 37.8 Å². The molecule has 136 valence electrons. The molecule has 0 bridgehead atoms. The van der Waals surface area contributed by atoms with Gasteiger partial charge >= 0.3 is 6.03 Å². The molecule has 1 saturated carbocycles. The first-order chi connectivity index (χ1) is 12.1. The first-order valence-corrected chi connectivity index (χ1v) is 9.24. The number of nitrogens with one attached hydrogen (secondary N) is 2. The Bertz CT molecular complexity index is 608. The zero-order valence-corrected chi connectivity index (χ0v) is 14.5. The lowest BCUT2D eigenvalue weighted by Crippen LogP contribution is -2.51. The van der Waals surface area contributed by atoms with Gasteiger partial charge in [0.2, 0.25) is 0 Å². The third-order valence-corrected chi connectivity index (χ3v) is 5.17. The highest BCUT2D eigenvalue weighted by molar-refractivity contribution is 5.94. The van der Waals surface area contributed by atoms with Crippen LogP contribution in [0.1, 0.15) is 55.3 Å². The van der Waals surface area contributed by atoms with Crippen molar-refractivity contribution in [2.45, 2.75) is 57.0 Å². The van der Waals surface area contributed by atoms with Crippen LogP contribution in [-0.2, 0) is 0 Å². The van der Waals surface area contributed by atoms with Gasteiger partial charge in [-0.3, -0.25) is 4.79 Å². The Hall–Kier alpha value is -2.11. The monoisotopic (exact) mass is 347 g/mol. The summed E-state index contributed by atoms with van der Waals surface area (Å²) in [5, 5.41) is 6.01. The predicted molar refractivity (Wildman–Crippen MR) is 93.9 cm³/mol. The fraction of sp³-hybridized carbons (Fsp3) is 0.579. The summed E-state index contributed by atoms with van der Waals surface area (Å²) in [6, 6.07) is 6.27. The van der Waals surface area contributed by atoms with E-state index in [-0.39, 0.29) is 23.5 Å². The molecular weight excluding hydrogens is 321 g/mol. The highest BCUT2D eigenvalue weighted by Crippen LogP contribution is 2.18. The van der Waals surface area contributed by atoms with Gasteiger partial charge < -0.3 is 15.5 Å². The molecule has 1 aromatic rings. The number of rotatable bonds is 3. The van der Waals surface area contributed by atoms with Gasteiger partial charge in [0.15, 0.2) is 0 Å². The molecule has 0 spiro atoms. The largest absolute Gasteiger partial charge is 0.349 e. The van der Waals surface area contributed by atoms with Gasteiger partial charge in [-0.2, -0.15) is 0 Å². The van der Waals surface area contributed by atoms with E-state index in [1.165, 1.54) is 31.4 Å². The third-order valence-electron chi connectivity index (χ3n) is 5.17. The first-order valence-electron chi connectivity index (χ1n) is 9.24. The van der Waals surface area contributed by atoms with Gasteiger partial charge in [-0.15, -0.1) is 0 Å². The lowest BCUT2D eigenvalue weighted by molar-refractivity contribution is 0.0913. The van der Waals surface area contributed by atoms with Crippen LogP contribution in [0.4, 0.5) is 9.18 Å². The molecule has 1 aliphatic heterocycles. The number of halogens is 1. The highest BCUT2D eigenvalue weighted by atomic mass is 19.1. The summed E-state index contributed by atoms with van der Waals surface area (Å²) >= 11 is 0. The Labute approximate surface area is 148 Å². The van der Waals surface area contributed by atoms with E-state index in [2.05, 4.69) is 10.6 Å². The van der Waals surface area contributed by atoms with Gasteiger partial charge in [0.1, 0.15) is 5.82 Å². The highest BCUT2D eigenvalue weighted by Gasteiger charge is 2.26. The Morgan fingerprint density at radius 2 is 1.56 bits per heavy atom. The summed E-state index contributed by atoms with van der Waals surface area (Å²) in [5.74, 6) is -0.896. The molecule has 1 saturated heterocycles. The molecule has 0 atom stereocenters. The van der Waals surface area contributed by atoms with Crippen molar-refractivity contribution in [3.05, 3.63) is 35.6 Å². The molecule has 25 heavy (non-hydrogen) atoms. The Morgan fingerprint density at radius 1 is 0.920 bits per heavy atom. The number of piperidine rings is 1. The summed E-state index contributed by atoms with van der Waals surface area (Å²) in [5.41, 5.74) is 0.0694. The van der Waals surface area contributed by atoms with Gasteiger partial charge in [-0.25, -0.2) is 9.18 Å². The molecule has 0 radical (unpaired) electrons. The van der Waals surface area contributed by atoms with E-state index in [0.717, 1.165) is 12.8 Å². The van der Waals surface area contributed by atoms with Crippen molar-refractivity contribution in [2.75, 3.05) is 13.1 Å². The fourth-order valence-electron chi connectivity index (χ4n) is 3.65. The molecule has 1 heterocycles. The standard InChI is InChI=1S/C19H26FN3O2/c20-17-9-5-4-8-16(17)18(24)21-15-10-12-23(13-11-15)19(25)22-14-6-2-1-3-7-14/h4-5,8-9,14-15H,1-3,6-7,10-13H2,(H,21,24)(H,22,25). The third kappa shape index (κ3) is 4.71. The first kappa shape index (κ1) is 17.7. The van der Waals surface area contributed by atoms with Crippen molar-refractivity contribution in [2.24, 2.45) is 0 Å². The number of carbonyl (C=O) groups is 2. The molecule has 3 rings (SSSR count). The second-order valence-corrected chi connectivity index (χ2v) is 7.00. The van der Waals surface area contributed by atoms with Crippen LogP contribution in [0, 0.1) is 5.82 Å². The van der Waals surface area contributed by atoms with Crippen LogP contribution < -0.4 is 10.6 Å². The number of hydrogen-bond acceptors (Lipinski definition) is 2. The van der Waals surface area contributed by atoms with E-state index in [1.807, 2.05) is 4.90 Å². The summed E-state index contributed by atoms with van der Waals surface area (Å²) < 4.78 is 13.7. The summed E-state index contributed by atoms with van der Waals surface area (Å²) in [7, 11) is 0. The van der Waals surface area contributed by atoms with Crippen molar-refractivity contribution in [1.82, 2.24) is 15.5 Å². The average molecular weight is 347 g/mol. The van der Waals surface area contributed by atoms with Crippen molar-refractivity contribution in [1.29, 1.82) is 0 Å². The zero-order valence-electron chi connectivity index (χ0n) is 14.5. The topological polar surface area (TPSA) is 61.4 Å². The van der Waals surface area contributed by atoms with Gasteiger partial charge in [0.25, 0.3) is 5.91 Å². The fourth-order valence-corrected chi connectivity index (χ4v) is 3.65. The molecule has 1 aliphatic carbocycles. The number of nitrogens with zero attached hydrogens (tertiary/aromatic N) is 1. The number of benzene rings is 1. The molecule has 1 aromatic carbocycles. The van der Waals surface area contributed by atoms with Gasteiger partial charge in [-0.1, -0.05) is 31.4 Å². The predicted octanol–water partition coefficient (Wildman–Crippen LogP) is 3.06. The van der Waals surface area contributed by atoms with E-state index in [1.54, 1.807) is 12.1 Å². The second-order valence-electron chi connectivity index (χ2n) is 7.00. The van der Waals surface area contributed by atoms with Gasteiger partial charge in [0, 0.05) is 25.2 Å². The van der Waals surface area contributed by atoms with E-state index < -0.39 is 5.82 Å². The van der Waals surface area contributed by atoms with Crippen LogP contribution in [0.3, 0.4) is 0 Å². The normalized spacial score (nSPS) is 19.5. The second kappa shape index (κ2) is 8.32. The van der Waals surface area contributed by atoms with Crippen molar-refractivity contribution in [3.8, 4) is 0 Å². The van der Waals surface area contributed by atoms with Crippen molar-refractivity contribution in [3.63, 3.8) is 0 Å². The van der Waals surface area contributed by atoms with E-state index in [0.29, 0.717) is 32.0 Å². The number of urea groups is 1. The Morgan fingerprint density at radius 3 is 2.24 bits per heavy atom. The molecule has 0 aromatic heterocycles. The SMILES string of the molecule is O=C(NC1CCN(C(=O)NC2CCCCC2)CC1)c1ccccc1F. The molecular formula is C19H26FN3O2. The van der Waals surface area contributed by atoms with E-state index in [4.69, 9.17) is 0 Å². The Kier molecular flexibility index (Phi) is 5.89. The Balaban J connectivity index is 1.44. The molecule has 3 amide bonds. The maximum Gasteiger partial charge on any atom is 0.317 e. The van der Waals surface area contributed by atoms with E-state index >= 15 is 0 Å². The van der Waals surface area contributed by atoms with E-state index in [9.17, 15) is 14.0 Å². The molecule has 5 nitrogen and oxygen atoms in total. The van der Waals surface area contributed by atoms with Crippen LogP contribution in [-0.4, -0.2) is 42.0 Å². The maximum absolute atomic E-state index is 13.7. The molecule has 2 N–H and O–H groups in total. The van der Waals surface area contributed by atoms with Crippen LogP contribution >= 0.6 is 0 Å². The minimum absolute atomic E-state index is 0.00535. The van der Waals surface area contributed by atoms with Crippen LogP contribution in [0.2, 0.25) is 0 Å². The number of carbonyl (C=O) groups excluding carboxylic acids is 2. The van der Waals surface area contributed by atoms with Gasteiger partial charge in [0.05, 0.1) is 5.56 Å². The van der Waals surface area contributed by atoms with Crippen LogP contribution in [0.25, 0.3) is 0 Å². The number of likely N-dealkylation sites (tertiary alicyclic amines) is 1. The minimum Gasteiger partial charge on any atom is -0.349 e. The molecule has 0 unspecified atom stereocenters. The zero-order chi connectivity index (χ0) is 17.6. The molecule has 2 aliphatic rings. The van der Waals surface area contributed by atoms with Crippen molar-refractivity contribution >= 4 is 11.9 Å². The smallest absolute Gasteiger partial charge is 0.317 e. The summed E-state index contributed by atoms with van der Waals surface area (Å²) in [6.07, 6.45) is 7.17. The minimum atomic E-state index is -0.510. The summed E-state index contributed by atoms with van der Waals surface area (Å²) in [4.78, 5) is 26.3.